The molecular formula is C14H17F3N2O. The zero-order valence-corrected chi connectivity index (χ0v) is 11.4. The van der Waals surface area contributed by atoms with E-state index >= 15 is 0 Å². The van der Waals surface area contributed by atoms with Crippen molar-refractivity contribution in [3.63, 3.8) is 0 Å². The van der Waals surface area contributed by atoms with Crippen LogP contribution in [0.3, 0.4) is 0 Å². The Morgan fingerprint density at radius 1 is 1.35 bits per heavy atom. The highest BCUT2D eigenvalue weighted by Gasteiger charge is 2.32. The van der Waals surface area contributed by atoms with Crippen LogP contribution in [0.25, 0.3) is 0 Å². The van der Waals surface area contributed by atoms with Crippen LogP contribution in [0.2, 0.25) is 0 Å². The molecule has 0 spiro atoms. The Morgan fingerprint density at radius 2 is 2.05 bits per heavy atom. The van der Waals surface area contributed by atoms with Crippen LogP contribution in [0.5, 0.6) is 0 Å². The molecule has 0 radical (unpaired) electrons. The summed E-state index contributed by atoms with van der Waals surface area (Å²) in [6, 6.07) is 3.71. The highest BCUT2D eigenvalue weighted by atomic mass is 19.4. The van der Waals surface area contributed by atoms with Gasteiger partial charge in [0.25, 0.3) is 0 Å². The Hall–Kier alpha value is -1.56. The van der Waals surface area contributed by atoms with Crippen LogP contribution in [0.1, 0.15) is 22.3 Å². The van der Waals surface area contributed by atoms with E-state index in [1.54, 1.807) is 0 Å². The van der Waals surface area contributed by atoms with Crippen molar-refractivity contribution >= 4 is 12.0 Å². The lowest BCUT2D eigenvalue weighted by atomic mass is 10.1. The summed E-state index contributed by atoms with van der Waals surface area (Å²) in [4.78, 5) is 15.1. The number of alkyl halides is 3. The van der Waals surface area contributed by atoms with Gasteiger partial charge in [0, 0.05) is 30.4 Å². The highest BCUT2D eigenvalue weighted by molar-refractivity contribution is 5.85. The van der Waals surface area contributed by atoms with E-state index in [4.69, 9.17) is 0 Å². The number of halogens is 3. The van der Waals surface area contributed by atoms with Crippen LogP contribution in [-0.2, 0) is 6.18 Å². The largest absolute Gasteiger partial charge is 0.416 e. The number of anilines is 1. The van der Waals surface area contributed by atoms with Gasteiger partial charge < -0.3 is 9.80 Å². The van der Waals surface area contributed by atoms with Gasteiger partial charge in [-0.15, -0.1) is 0 Å². The molecule has 6 heteroatoms. The van der Waals surface area contributed by atoms with Crippen LogP contribution in [0, 0.1) is 0 Å². The van der Waals surface area contributed by atoms with E-state index in [0.717, 1.165) is 31.6 Å². The molecule has 1 heterocycles. The average molecular weight is 286 g/mol. The molecule has 0 amide bonds. The molecule has 20 heavy (non-hydrogen) atoms. The number of likely N-dealkylation sites (N-methyl/N-ethyl adjacent to an activating group) is 1. The summed E-state index contributed by atoms with van der Waals surface area (Å²) in [6.45, 7) is 1.47. The standard InChI is InChI=1S/C14H17F3N2O/c1-18(2)12-5-6-19(8-12)13-4-3-11(14(15,16)17)7-10(13)9-20/h3-4,7,9,12H,5-6,8H2,1-2H3. The maximum Gasteiger partial charge on any atom is 0.416 e. The first kappa shape index (κ1) is 14.8. The van der Waals surface area contributed by atoms with E-state index in [2.05, 4.69) is 4.90 Å². The average Bonchev–Trinajstić information content (AvgIpc) is 2.86. The first-order valence-corrected chi connectivity index (χ1v) is 6.40. The molecule has 0 bridgehead atoms. The van der Waals surface area contributed by atoms with Crippen molar-refractivity contribution in [2.45, 2.75) is 18.6 Å². The van der Waals surface area contributed by atoms with Crippen molar-refractivity contribution in [3.05, 3.63) is 29.3 Å². The summed E-state index contributed by atoms with van der Waals surface area (Å²) in [5.74, 6) is 0. The zero-order chi connectivity index (χ0) is 14.9. The first-order valence-electron chi connectivity index (χ1n) is 6.40. The van der Waals surface area contributed by atoms with Gasteiger partial charge in [0.05, 0.1) is 5.56 Å². The van der Waals surface area contributed by atoms with Crippen molar-refractivity contribution in [1.82, 2.24) is 4.90 Å². The number of nitrogens with zero attached hydrogens (tertiary/aromatic N) is 2. The second kappa shape index (κ2) is 5.44. The van der Waals surface area contributed by atoms with Gasteiger partial charge in [-0.05, 0) is 38.7 Å². The van der Waals surface area contributed by atoms with Crippen molar-refractivity contribution in [3.8, 4) is 0 Å². The summed E-state index contributed by atoms with van der Waals surface area (Å²) in [5, 5.41) is 0. The molecule has 1 aromatic carbocycles. The van der Waals surface area contributed by atoms with E-state index in [0.29, 0.717) is 18.0 Å². The SMILES string of the molecule is CN(C)C1CCN(c2ccc(C(F)(F)F)cc2C=O)C1. The number of benzene rings is 1. The topological polar surface area (TPSA) is 23.6 Å². The van der Waals surface area contributed by atoms with Gasteiger partial charge in [-0.1, -0.05) is 0 Å². The molecule has 1 fully saturated rings. The van der Waals surface area contributed by atoms with Gasteiger partial charge in [0.15, 0.2) is 6.29 Å². The summed E-state index contributed by atoms with van der Waals surface area (Å²) >= 11 is 0. The fourth-order valence-corrected chi connectivity index (χ4v) is 2.50. The number of hydrogen-bond donors (Lipinski definition) is 0. The molecule has 1 aliphatic heterocycles. The lowest BCUT2D eigenvalue weighted by Crippen LogP contribution is -2.31. The predicted octanol–water partition coefficient (Wildman–Crippen LogP) is 2.66. The minimum atomic E-state index is -4.42. The molecule has 0 saturated carbocycles. The molecule has 1 unspecified atom stereocenters. The number of hydrogen-bond acceptors (Lipinski definition) is 3. The molecule has 110 valence electrons. The van der Waals surface area contributed by atoms with E-state index in [1.807, 2.05) is 19.0 Å². The van der Waals surface area contributed by atoms with Crippen molar-refractivity contribution in [1.29, 1.82) is 0 Å². The Labute approximate surface area is 116 Å². The smallest absolute Gasteiger partial charge is 0.369 e. The monoisotopic (exact) mass is 286 g/mol. The zero-order valence-electron chi connectivity index (χ0n) is 11.4. The van der Waals surface area contributed by atoms with Crippen LogP contribution < -0.4 is 4.90 Å². The third-order valence-electron chi connectivity index (χ3n) is 3.72. The molecule has 0 N–H and O–H groups in total. The van der Waals surface area contributed by atoms with Gasteiger partial charge in [0.1, 0.15) is 0 Å². The van der Waals surface area contributed by atoms with Crippen molar-refractivity contribution in [2.24, 2.45) is 0 Å². The summed E-state index contributed by atoms with van der Waals surface area (Å²) in [7, 11) is 3.95. The predicted molar refractivity (Wildman–Crippen MR) is 71.1 cm³/mol. The number of carbonyl (C=O) groups excluding carboxylic acids is 1. The number of aldehydes is 1. The Balaban J connectivity index is 2.27. The van der Waals surface area contributed by atoms with Crippen molar-refractivity contribution in [2.75, 3.05) is 32.1 Å². The molecule has 0 aromatic heterocycles. The molecule has 1 atom stereocenters. The minimum Gasteiger partial charge on any atom is -0.369 e. The van der Waals surface area contributed by atoms with E-state index in [-0.39, 0.29) is 5.56 Å². The fourth-order valence-electron chi connectivity index (χ4n) is 2.50. The highest BCUT2D eigenvalue weighted by Crippen LogP contribution is 2.33. The summed E-state index contributed by atoms with van der Waals surface area (Å²) in [5.41, 5.74) is -0.108. The number of carbonyl (C=O) groups is 1. The maximum absolute atomic E-state index is 12.6. The lowest BCUT2D eigenvalue weighted by Gasteiger charge is -2.23. The molecule has 2 rings (SSSR count). The van der Waals surface area contributed by atoms with E-state index in [1.165, 1.54) is 6.07 Å². The fraction of sp³-hybridized carbons (Fsp3) is 0.500. The molecule has 3 nitrogen and oxygen atoms in total. The Kier molecular flexibility index (Phi) is 4.04. The molecule has 1 aliphatic rings. The first-order chi connectivity index (χ1) is 9.32. The summed E-state index contributed by atoms with van der Waals surface area (Å²) in [6.07, 6.45) is -2.99. The maximum atomic E-state index is 12.6. The van der Waals surface area contributed by atoms with E-state index < -0.39 is 11.7 Å². The normalized spacial score (nSPS) is 19.7. The van der Waals surface area contributed by atoms with Gasteiger partial charge in [-0.25, -0.2) is 0 Å². The van der Waals surface area contributed by atoms with Gasteiger partial charge in [-0.3, -0.25) is 4.79 Å². The van der Waals surface area contributed by atoms with Gasteiger partial charge in [0.2, 0.25) is 0 Å². The lowest BCUT2D eigenvalue weighted by molar-refractivity contribution is -0.137. The van der Waals surface area contributed by atoms with Crippen LogP contribution in [0.4, 0.5) is 18.9 Å². The van der Waals surface area contributed by atoms with Crippen LogP contribution in [-0.4, -0.2) is 44.4 Å². The molecule has 1 saturated heterocycles. The Morgan fingerprint density at radius 3 is 2.55 bits per heavy atom. The molecular weight excluding hydrogens is 269 g/mol. The third-order valence-corrected chi connectivity index (χ3v) is 3.72. The second-order valence-electron chi connectivity index (χ2n) is 5.24. The number of rotatable bonds is 3. The van der Waals surface area contributed by atoms with Gasteiger partial charge >= 0.3 is 6.18 Å². The van der Waals surface area contributed by atoms with Gasteiger partial charge in [-0.2, -0.15) is 13.2 Å². The van der Waals surface area contributed by atoms with Crippen LogP contribution >= 0.6 is 0 Å². The quantitative estimate of drug-likeness (QED) is 0.798. The van der Waals surface area contributed by atoms with Crippen molar-refractivity contribution < 1.29 is 18.0 Å². The minimum absolute atomic E-state index is 0.0965. The third kappa shape index (κ3) is 2.95. The summed E-state index contributed by atoms with van der Waals surface area (Å²) < 4.78 is 37.9. The van der Waals surface area contributed by atoms with Crippen LogP contribution in [0.15, 0.2) is 18.2 Å². The van der Waals surface area contributed by atoms with E-state index in [9.17, 15) is 18.0 Å². The molecule has 0 aliphatic carbocycles. The molecule has 1 aromatic rings. The second-order valence-corrected chi connectivity index (χ2v) is 5.24. The Bertz CT molecular complexity index is 500.